The first-order valence-corrected chi connectivity index (χ1v) is 8.03. The van der Waals surface area contributed by atoms with Gasteiger partial charge in [0.1, 0.15) is 17.6 Å². The van der Waals surface area contributed by atoms with Gasteiger partial charge in [-0.05, 0) is 40.5 Å². The van der Waals surface area contributed by atoms with E-state index in [0.29, 0.717) is 18.8 Å². The van der Waals surface area contributed by atoms with Gasteiger partial charge in [-0.15, -0.1) is 10.2 Å². The number of nitrogens with one attached hydrogen (secondary N) is 2. The van der Waals surface area contributed by atoms with E-state index >= 15 is 0 Å². The highest BCUT2D eigenvalue weighted by Crippen LogP contribution is 2.40. The Bertz CT molecular complexity index is 591. The highest BCUT2D eigenvalue weighted by Gasteiger charge is 2.45. The molecule has 136 valence electrons. The van der Waals surface area contributed by atoms with Crippen LogP contribution in [0.15, 0.2) is 0 Å². The van der Waals surface area contributed by atoms with Gasteiger partial charge in [0.25, 0.3) is 0 Å². The molecule has 1 aliphatic rings. The maximum Gasteiger partial charge on any atom is 0.398 e. The lowest BCUT2D eigenvalue weighted by Crippen LogP contribution is -2.49. The molecule has 2 rings (SSSR count). The largest absolute Gasteiger partial charge is 0.398 e. The van der Waals surface area contributed by atoms with Crippen LogP contribution >= 0.6 is 0 Å². The molecule has 0 aliphatic carbocycles. The fourth-order valence-electron chi connectivity index (χ4n) is 2.69. The normalized spacial score (nSPS) is 19.7. The third-order valence-electron chi connectivity index (χ3n) is 3.90. The summed E-state index contributed by atoms with van der Waals surface area (Å²) in [5.41, 5.74) is -0.346. The number of alkyl halides is 3. The molecule has 2 atom stereocenters. The van der Waals surface area contributed by atoms with Crippen LogP contribution in [0.25, 0.3) is 0 Å². The van der Waals surface area contributed by atoms with Crippen molar-refractivity contribution in [1.82, 2.24) is 25.4 Å². The second-order valence-electron chi connectivity index (χ2n) is 7.20. The highest BCUT2D eigenvalue weighted by molar-refractivity contribution is 5.81. The first kappa shape index (κ1) is 18.7. The Balaban J connectivity index is 2.02. The van der Waals surface area contributed by atoms with Crippen LogP contribution in [0.1, 0.15) is 58.1 Å². The van der Waals surface area contributed by atoms with E-state index in [2.05, 4.69) is 20.8 Å². The van der Waals surface area contributed by atoms with Crippen molar-refractivity contribution in [2.24, 2.45) is 0 Å². The zero-order valence-corrected chi connectivity index (χ0v) is 14.4. The molecule has 2 N–H and O–H groups in total. The molecule has 0 saturated heterocycles. The number of rotatable bonds is 4. The molecule has 0 spiro atoms. The molecular formula is C15H24F3N5O. The van der Waals surface area contributed by atoms with Gasteiger partial charge in [-0.3, -0.25) is 10.1 Å². The van der Waals surface area contributed by atoms with Crippen LogP contribution in [0, 0.1) is 0 Å². The van der Waals surface area contributed by atoms with Crippen molar-refractivity contribution in [3.05, 3.63) is 11.6 Å². The first-order chi connectivity index (χ1) is 11.0. The Morgan fingerprint density at radius 3 is 2.58 bits per heavy atom. The van der Waals surface area contributed by atoms with Crippen molar-refractivity contribution in [2.45, 2.75) is 77.3 Å². The van der Waals surface area contributed by atoms with E-state index in [1.54, 1.807) is 6.92 Å². The minimum atomic E-state index is -4.31. The number of hydrogen-bond donors (Lipinski definition) is 2. The molecule has 0 saturated carbocycles. The molecule has 1 aromatic heterocycles. The van der Waals surface area contributed by atoms with Gasteiger partial charge in [0, 0.05) is 12.1 Å². The van der Waals surface area contributed by atoms with Gasteiger partial charge in [0.15, 0.2) is 0 Å². The van der Waals surface area contributed by atoms with Gasteiger partial charge >= 0.3 is 6.18 Å². The lowest BCUT2D eigenvalue weighted by atomic mass is 9.98. The van der Waals surface area contributed by atoms with E-state index < -0.39 is 18.1 Å². The summed E-state index contributed by atoms with van der Waals surface area (Å²) in [5, 5.41) is 13.5. The van der Waals surface area contributed by atoms with Gasteiger partial charge in [0.2, 0.25) is 5.91 Å². The van der Waals surface area contributed by atoms with E-state index in [1.165, 1.54) is 4.57 Å². The summed E-state index contributed by atoms with van der Waals surface area (Å²) in [6, 6.07) is -0.487. The zero-order valence-electron chi connectivity index (χ0n) is 14.4. The second kappa shape index (κ2) is 6.70. The van der Waals surface area contributed by atoms with Crippen LogP contribution in [0.3, 0.4) is 0 Å². The molecular weight excluding hydrogens is 323 g/mol. The monoisotopic (exact) mass is 347 g/mol. The number of carbonyl (C=O) groups is 1. The summed E-state index contributed by atoms with van der Waals surface area (Å²) in [6.07, 6.45) is -3.84. The highest BCUT2D eigenvalue weighted by atomic mass is 19.4. The minimum absolute atomic E-state index is 0.0302. The van der Waals surface area contributed by atoms with E-state index in [1.807, 2.05) is 20.8 Å². The van der Waals surface area contributed by atoms with E-state index in [9.17, 15) is 18.0 Å². The summed E-state index contributed by atoms with van der Waals surface area (Å²) in [5.74, 6) is -1.34. The predicted octanol–water partition coefficient (Wildman–Crippen LogP) is 2.11. The van der Waals surface area contributed by atoms with Crippen LogP contribution in [0.4, 0.5) is 13.2 Å². The number of aromatic nitrogens is 3. The summed E-state index contributed by atoms with van der Waals surface area (Å²) in [6.45, 7) is 8.00. The molecule has 9 heteroatoms. The number of amides is 1. The summed E-state index contributed by atoms with van der Waals surface area (Å²) in [7, 11) is 0. The van der Waals surface area contributed by atoms with E-state index in [4.69, 9.17) is 0 Å². The lowest BCUT2D eigenvalue weighted by molar-refractivity contribution is -0.156. The smallest absolute Gasteiger partial charge is 0.350 e. The third-order valence-corrected chi connectivity index (χ3v) is 3.90. The van der Waals surface area contributed by atoms with Gasteiger partial charge in [-0.2, -0.15) is 13.2 Å². The van der Waals surface area contributed by atoms with Gasteiger partial charge < -0.3 is 9.88 Å². The van der Waals surface area contributed by atoms with E-state index in [0.717, 1.165) is 0 Å². The van der Waals surface area contributed by atoms with Crippen molar-refractivity contribution in [1.29, 1.82) is 0 Å². The Morgan fingerprint density at radius 1 is 1.33 bits per heavy atom. The van der Waals surface area contributed by atoms with Crippen molar-refractivity contribution in [3.63, 3.8) is 0 Å². The molecule has 24 heavy (non-hydrogen) atoms. The Morgan fingerprint density at radius 2 is 2.00 bits per heavy atom. The van der Waals surface area contributed by atoms with Crippen LogP contribution in [-0.2, 0) is 17.9 Å². The van der Waals surface area contributed by atoms with Crippen molar-refractivity contribution in [3.8, 4) is 0 Å². The van der Waals surface area contributed by atoms with Crippen molar-refractivity contribution < 1.29 is 18.0 Å². The molecule has 0 radical (unpaired) electrons. The molecule has 0 unspecified atom stereocenters. The molecule has 1 aliphatic heterocycles. The maximum absolute atomic E-state index is 13.1. The van der Waals surface area contributed by atoms with Crippen LogP contribution in [0.5, 0.6) is 0 Å². The van der Waals surface area contributed by atoms with Crippen LogP contribution in [-0.4, -0.2) is 38.4 Å². The van der Waals surface area contributed by atoms with Gasteiger partial charge in [0.05, 0.1) is 12.6 Å². The van der Waals surface area contributed by atoms with Gasteiger partial charge in [-0.25, -0.2) is 0 Å². The average molecular weight is 347 g/mol. The quantitative estimate of drug-likeness (QED) is 0.875. The summed E-state index contributed by atoms with van der Waals surface area (Å²) >= 11 is 0. The van der Waals surface area contributed by atoms with Crippen LogP contribution in [0.2, 0.25) is 0 Å². The fourth-order valence-corrected chi connectivity index (χ4v) is 2.69. The molecule has 0 aromatic carbocycles. The van der Waals surface area contributed by atoms with E-state index in [-0.39, 0.29) is 30.2 Å². The second-order valence-corrected chi connectivity index (χ2v) is 7.20. The lowest BCUT2D eigenvalue weighted by Gasteiger charge is -2.26. The third kappa shape index (κ3) is 4.46. The molecule has 2 heterocycles. The number of halogens is 3. The molecule has 1 amide bonds. The minimum Gasteiger partial charge on any atom is -0.350 e. The summed E-state index contributed by atoms with van der Waals surface area (Å²) in [4.78, 5) is 12.0. The molecule has 6 nitrogen and oxygen atoms in total. The predicted molar refractivity (Wildman–Crippen MR) is 82.2 cm³/mol. The average Bonchev–Trinajstić information content (AvgIpc) is 2.84. The summed E-state index contributed by atoms with van der Waals surface area (Å²) < 4.78 is 40.7. The fraction of sp³-hybridized carbons (Fsp3) is 0.800. The SMILES string of the molecule is C[C@H](NCc1nnc2n1CCC[C@H]2C(F)(F)F)C(=O)NC(C)(C)C. The Kier molecular flexibility index (Phi) is 5.22. The standard InChI is InChI=1S/C15H24F3N5O/c1-9(13(24)20-14(2,3)4)19-8-11-21-22-12-10(15(16,17)18)6-5-7-23(11)12/h9-10,19H,5-8H2,1-4H3,(H,20,24)/t9-,10+/m0/s1. The maximum atomic E-state index is 13.1. The first-order valence-electron chi connectivity index (χ1n) is 8.03. The Labute approximate surface area is 139 Å². The Hall–Kier alpha value is -1.64. The number of carbonyl (C=O) groups excluding carboxylic acids is 1. The van der Waals surface area contributed by atoms with Gasteiger partial charge in [-0.1, -0.05) is 0 Å². The number of hydrogen-bond acceptors (Lipinski definition) is 4. The number of nitrogens with zero attached hydrogens (tertiary/aromatic N) is 3. The molecule has 0 fully saturated rings. The molecule has 1 aromatic rings. The van der Waals surface area contributed by atoms with Crippen LogP contribution < -0.4 is 10.6 Å². The zero-order chi connectivity index (χ0) is 18.1. The number of fused-ring (bicyclic) bond motifs is 1. The topological polar surface area (TPSA) is 71.8 Å². The van der Waals surface area contributed by atoms with Crippen molar-refractivity contribution in [2.75, 3.05) is 0 Å². The van der Waals surface area contributed by atoms with Crippen molar-refractivity contribution >= 4 is 5.91 Å². The molecule has 0 bridgehead atoms.